The van der Waals surface area contributed by atoms with Crippen LogP contribution in [-0.2, 0) is 19.0 Å². The molecular formula is C21H30N2O13. The average molecular weight is 518 g/mol. The zero-order valence-electron chi connectivity index (χ0n) is 19.0. The normalized spacial score (nSPS) is 40.9. The average Bonchev–Trinajstić information content (AvgIpc) is 2.85. The number of carbonyl (C=O) groups excluding carboxylic acids is 2. The zero-order valence-corrected chi connectivity index (χ0v) is 19.0. The van der Waals surface area contributed by atoms with Crippen molar-refractivity contribution in [2.75, 3.05) is 13.2 Å². The number of rotatable bonds is 7. The standard InChI is InChI=1S/C21H30N2O13/c1-9(26)22-20(8-25)21(33,23-17(31)10-5-3-2-4-6-10)16(30)14(29)19(36-20)35-15-11(7-24)34-18(32)13(28)12(15)27/h2-6,11-16,18-19,24-25,27-30,32-33H,7-8H2,1H3,(H,22,26)(H,23,31)/t11-,12-,13-,14-,15-,16+,18-,19+,20-,21-/m1/s1. The predicted octanol–water partition coefficient (Wildman–Crippen LogP) is -5.18. The second-order valence-corrected chi connectivity index (χ2v) is 8.50. The SMILES string of the molecule is CC(=O)N[C@]1(CO)O[C@H](O[C@H]2[C@H](O)[C@@H](O)[C@H](O)O[C@@H]2CO)[C@H](O)[C@H](O)[C@]1(O)NC(=O)c1ccccc1. The minimum absolute atomic E-state index is 0.0152. The van der Waals surface area contributed by atoms with E-state index in [0.29, 0.717) is 0 Å². The summed E-state index contributed by atoms with van der Waals surface area (Å²) < 4.78 is 15.9. The molecule has 2 aliphatic rings. The van der Waals surface area contributed by atoms with Crippen molar-refractivity contribution in [1.29, 1.82) is 0 Å². The lowest BCUT2D eigenvalue weighted by atomic mass is 9.86. The van der Waals surface area contributed by atoms with E-state index in [1.54, 1.807) is 6.07 Å². The molecule has 2 saturated heterocycles. The Morgan fingerprint density at radius 1 is 1.00 bits per heavy atom. The molecule has 10 atom stereocenters. The number of aliphatic hydroxyl groups excluding tert-OH is 7. The highest BCUT2D eigenvalue weighted by atomic mass is 16.7. The highest BCUT2D eigenvalue weighted by Gasteiger charge is 2.66. The van der Waals surface area contributed by atoms with Gasteiger partial charge in [0.2, 0.25) is 17.4 Å². The molecule has 0 bridgehead atoms. The van der Waals surface area contributed by atoms with Crippen LogP contribution in [0.25, 0.3) is 0 Å². The van der Waals surface area contributed by atoms with Gasteiger partial charge in [0.25, 0.3) is 5.91 Å². The van der Waals surface area contributed by atoms with E-state index in [-0.39, 0.29) is 5.56 Å². The van der Waals surface area contributed by atoms with E-state index in [9.17, 15) is 50.4 Å². The molecule has 2 fully saturated rings. The van der Waals surface area contributed by atoms with Gasteiger partial charge >= 0.3 is 0 Å². The van der Waals surface area contributed by atoms with E-state index in [0.717, 1.165) is 6.92 Å². The fraction of sp³-hybridized carbons (Fsp3) is 0.619. The predicted molar refractivity (Wildman–Crippen MR) is 114 cm³/mol. The highest BCUT2D eigenvalue weighted by Crippen LogP contribution is 2.37. The number of nitrogens with one attached hydrogen (secondary N) is 2. The van der Waals surface area contributed by atoms with Crippen molar-refractivity contribution >= 4 is 11.8 Å². The third kappa shape index (κ3) is 5.09. The first-order valence-electron chi connectivity index (χ1n) is 10.9. The molecule has 0 radical (unpaired) electrons. The number of hydrogen-bond acceptors (Lipinski definition) is 13. The minimum Gasteiger partial charge on any atom is -0.394 e. The summed E-state index contributed by atoms with van der Waals surface area (Å²) >= 11 is 0. The van der Waals surface area contributed by atoms with Crippen LogP contribution in [0.1, 0.15) is 17.3 Å². The van der Waals surface area contributed by atoms with Gasteiger partial charge in [-0.2, -0.15) is 0 Å². The molecule has 2 amide bonds. The Morgan fingerprint density at radius 2 is 1.64 bits per heavy atom. The molecule has 2 heterocycles. The lowest BCUT2D eigenvalue weighted by Crippen LogP contribution is -2.84. The summed E-state index contributed by atoms with van der Waals surface area (Å²) in [4.78, 5) is 24.7. The number of carbonyl (C=O) groups is 2. The maximum Gasteiger partial charge on any atom is 0.253 e. The molecule has 0 aromatic heterocycles. The van der Waals surface area contributed by atoms with Crippen LogP contribution in [0.3, 0.4) is 0 Å². The van der Waals surface area contributed by atoms with Crippen LogP contribution in [0.5, 0.6) is 0 Å². The third-order valence-electron chi connectivity index (χ3n) is 6.03. The number of benzene rings is 1. The fourth-order valence-electron chi connectivity index (χ4n) is 4.11. The van der Waals surface area contributed by atoms with Crippen LogP contribution in [0, 0.1) is 0 Å². The van der Waals surface area contributed by atoms with E-state index in [1.807, 2.05) is 0 Å². The maximum absolute atomic E-state index is 12.8. The smallest absolute Gasteiger partial charge is 0.253 e. The first-order valence-corrected chi connectivity index (χ1v) is 10.9. The Kier molecular flexibility index (Phi) is 8.64. The van der Waals surface area contributed by atoms with Gasteiger partial charge in [0, 0.05) is 12.5 Å². The summed E-state index contributed by atoms with van der Waals surface area (Å²) in [6.07, 6.45) is -15.4. The van der Waals surface area contributed by atoms with Gasteiger partial charge in [0.15, 0.2) is 12.6 Å². The van der Waals surface area contributed by atoms with Crippen LogP contribution in [0.2, 0.25) is 0 Å². The molecule has 3 rings (SSSR count). The van der Waals surface area contributed by atoms with E-state index < -0.39 is 85.7 Å². The second kappa shape index (κ2) is 11.0. The van der Waals surface area contributed by atoms with Gasteiger partial charge in [0.1, 0.15) is 36.6 Å². The molecule has 15 nitrogen and oxygen atoms in total. The van der Waals surface area contributed by atoms with Crippen molar-refractivity contribution in [3.8, 4) is 0 Å². The molecule has 0 aliphatic carbocycles. The van der Waals surface area contributed by atoms with Gasteiger partial charge in [-0.15, -0.1) is 0 Å². The lowest BCUT2D eigenvalue weighted by Gasteiger charge is -2.55. The monoisotopic (exact) mass is 518 g/mol. The third-order valence-corrected chi connectivity index (χ3v) is 6.03. The van der Waals surface area contributed by atoms with Crippen LogP contribution in [0.15, 0.2) is 30.3 Å². The van der Waals surface area contributed by atoms with Crippen molar-refractivity contribution < 1.29 is 64.7 Å². The van der Waals surface area contributed by atoms with E-state index in [2.05, 4.69) is 10.6 Å². The topological polar surface area (TPSA) is 248 Å². The van der Waals surface area contributed by atoms with E-state index in [1.165, 1.54) is 24.3 Å². The van der Waals surface area contributed by atoms with Crippen LogP contribution in [-0.4, -0.2) is 127 Å². The lowest BCUT2D eigenvalue weighted by molar-refractivity contribution is -0.402. The summed E-state index contributed by atoms with van der Waals surface area (Å²) in [7, 11) is 0. The van der Waals surface area contributed by atoms with Gasteiger partial charge < -0.3 is 65.7 Å². The Balaban J connectivity index is 1.96. The molecule has 15 heteroatoms. The Bertz CT molecular complexity index is 920. The minimum atomic E-state index is -3.03. The second-order valence-electron chi connectivity index (χ2n) is 8.50. The first kappa shape index (κ1) is 28.3. The number of amides is 2. The summed E-state index contributed by atoms with van der Waals surface area (Å²) in [6.45, 7) is -1.12. The summed E-state index contributed by atoms with van der Waals surface area (Å²) in [6, 6.07) is 7.38. The van der Waals surface area contributed by atoms with E-state index in [4.69, 9.17) is 14.2 Å². The Labute approximate surface area is 204 Å². The molecule has 202 valence electrons. The maximum atomic E-state index is 12.8. The molecule has 10 N–H and O–H groups in total. The number of ether oxygens (including phenoxy) is 3. The van der Waals surface area contributed by atoms with Crippen molar-refractivity contribution in [3.63, 3.8) is 0 Å². The van der Waals surface area contributed by atoms with Crippen LogP contribution < -0.4 is 10.6 Å². The molecule has 0 unspecified atom stereocenters. The van der Waals surface area contributed by atoms with Gasteiger partial charge in [-0.05, 0) is 12.1 Å². The van der Waals surface area contributed by atoms with E-state index >= 15 is 0 Å². The number of hydrogen-bond donors (Lipinski definition) is 10. The Morgan fingerprint density at radius 3 is 2.19 bits per heavy atom. The van der Waals surface area contributed by atoms with Gasteiger partial charge in [-0.25, -0.2) is 0 Å². The molecule has 36 heavy (non-hydrogen) atoms. The first-order chi connectivity index (χ1) is 16.9. The van der Waals surface area contributed by atoms with Gasteiger partial charge in [-0.1, -0.05) is 18.2 Å². The fourth-order valence-corrected chi connectivity index (χ4v) is 4.11. The van der Waals surface area contributed by atoms with Crippen molar-refractivity contribution in [3.05, 3.63) is 35.9 Å². The van der Waals surface area contributed by atoms with Crippen LogP contribution >= 0.6 is 0 Å². The van der Waals surface area contributed by atoms with Gasteiger partial charge in [0.05, 0.1) is 13.2 Å². The van der Waals surface area contributed by atoms with Crippen molar-refractivity contribution in [1.82, 2.24) is 10.6 Å². The van der Waals surface area contributed by atoms with Crippen LogP contribution in [0.4, 0.5) is 0 Å². The summed E-state index contributed by atoms with van der Waals surface area (Å²) in [5.41, 5.74) is -5.73. The quantitative estimate of drug-likeness (QED) is 0.152. The summed E-state index contributed by atoms with van der Waals surface area (Å²) in [5.74, 6) is -1.87. The highest BCUT2D eigenvalue weighted by molar-refractivity contribution is 5.94. The van der Waals surface area contributed by atoms with Crippen molar-refractivity contribution in [2.45, 2.75) is 67.6 Å². The molecule has 2 aliphatic heterocycles. The number of aliphatic hydroxyl groups is 8. The molecule has 0 saturated carbocycles. The zero-order chi connectivity index (χ0) is 26.8. The van der Waals surface area contributed by atoms with Gasteiger partial charge in [-0.3, -0.25) is 9.59 Å². The molecule has 1 aromatic rings. The molecule has 0 spiro atoms. The Hall–Kier alpha value is -2.28. The van der Waals surface area contributed by atoms with Crippen molar-refractivity contribution in [2.24, 2.45) is 0 Å². The molecular weight excluding hydrogens is 488 g/mol. The molecule has 1 aromatic carbocycles. The largest absolute Gasteiger partial charge is 0.394 e. The summed E-state index contributed by atoms with van der Waals surface area (Å²) in [5, 5.41) is 86.7.